The topological polar surface area (TPSA) is 38.3 Å². The Kier molecular flexibility index (Phi) is 4.83. The minimum atomic E-state index is -4.61. The zero-order valence-electron chi connectivity index (χ0n) is 11.4. The third kappa shape index (κ3) is 4.41. The van der Waals surface area contributed by atoms with Crippen LogP contribution in [-0.4, -0.2) is 12.5 Å². The second kappa shape index (κ2) is 6.64. The molecule has 1 amide bonds. The fraction of sp³-hybridized carbons (Fsp3) is 0.133. The van der Waals surface area contributed by atoms with Gasteiger partial charge in [-0.1, -0.05) is 12.1 Å². The fourth-order valence-corrected chi connectivity index (χ4v) is 1.82. The number of carbonyl (C=O) groups is 1. The second-order valence-electron chi connectivity index (χ2n) is 4.40. The Morgan fingerprint density at radius 2 is 1.61 bits per heavy atom. The molecule has 8 heteroatoms. The van der Waals surface area contributed by atoms with Gasteiger partial charge in [-0.25, -0.2) is 0 Å². The van der Waals surface area contributed by atoms with Crippen LogP contribution >= 0.6 is 0 Å². The van der Waals surface area contributed by atoms with Crippen molar-refractivity contribution in [1.29, 1.82) is 0 Å². The van der Waals surface area contributed by atoms with E-state index in [1.807, 2.05) is 0 Å². The zero-order chi connectivity index (χ0) is 17.0. The van der Waals surface area contributed by atoms with Gasteiger partial charge in [0.2, 0.25) is 0 Å². The van der Waals surface area contributed by atoms with E-state index in [9.17, 15) is 26.7 Å². The van der Waals surface area contributed by atoms with Crippen molar-refractivity contribution in [1.82, 2.24) is 0 Å². The lowest BCUT2D eigenvalue weighted by molar-refractivity contribution is -0.136. The summed E-state index contributed by atoms with van der Waals surface area (Å²) >= 11 is 0. The van der Waals surface area contributed by atoms with Crippen LogP contribution in [0.4, 0.5) is 27.6 Å². The van der Waals surface area contributed by atoms with Gasteiger partial charge in [0.05, 0.1) is 11.3 Å². The summed E-state index contributed by atoms with van der Waals surface area (Å²) in [7, 11) is 0. The van der Waals surface area contributed by atoms with Gasteiger partial charge in [-0.15, -0.1) is 0 Å². The number of halogens is 5. The van der Waals surface area contributed by atoms with Crippen LogP contribution in [0.25, 0.3) is 0 Å². The summed E-state index contributed by atoms with van der Waals surface area (Å²) in [4.78, 5) is 12.0. The summed E-state index contributed by atoms with van der Waals surface area (Å²) in [5.74, 6) is -0.961. The van der Waals surface area contributed by atoms with Crippen LogP contribution in [0.1, 0.15) is 15.9 Å². The first-order valence-corrected chi connectivity index (χ1v) is 6.30. The van der Waals surface area contributed by atoms with Crippen LogP contribution in [0.2, 0.25) is 0 Å². The molecule has 3 nitrogen and oxygen atoms in total. The van der Waals surface area contributed by atoms with Gasteiger partial charge < -0.3 is 10.1 Å². The predicted octanol–water partition coefficient (Wildman–Crippen LogP) is 4.56. The van der Waals surface area contributed by atoms with E-state index in [2.05, 4.69) is 10.1 Å². The maximum Gasteiger partial charge on any atom is 0.418 e. The van der Waals surface area contributed by atoms with E-state index in [4.69, 9.17) is 0 Å². The van der Waals surface area contributed by atoms with Crippen LogP contribution in [-0.2, 0) is 6.18 Å². The van der Waals surface area contributed by atoms with Crippen molar-refractivity contribution in [2.24, 2.45) is 0 Å². The van der Waals surface area contributed by atoms with Gasteiger partial charge in [0.15, 0.2) is 0 Å². The molecule has 0 atom stereocenters. The SMILES string of the molecule is O=C(Nc1ccccc1C(F)(F)F)c1ccc(OC(F)F)cc1. The molecular formula is C15H10F5NO2. The largest absolute Gasteiger partial charge is 0.435 e. The minimum Gasteiger partial charge on any atom is -0.435 e. The summed E-state index contributed by atoms with van der Waals surface area (Å²) in [6.07, 6.45) is -4.61. The van der Waals surface area contributed by atoms with Gasteiger partial charge in [-0.05, 0) is 36.4 Å². The number of rotatable bonds is 4. The fourth-order valence-electron chi connectivity index (χ4n) is 1.82. The molecule has 2 aromatic carbocycles. The van der Waals surface area contributed by atoms with Gasteiger partial charge in [0.1, 0.15) is 5.75 Å². The van der Waals surface area contributed by atoms with Gasteiger partial charge in [-0.3, -0.25) is 4.79 Å². The van der Waals surface area contributed by atoms with Crippen LogP contribution in [0, 0.1) is 0 Å². The van der Waals surface area contributed by atoms with E-state index in [-0.39, 0.29) is 11.3 Å². The molecule has 0 radical (unpaired) electrons. The number of benzene rings is 2. The van der Waals surface area contributed by atoms with Gasteiger partial charge in [0, 0.05) is 5.56 Å². The number of carbonyl (C=O) groups excluding carboxylic acids is 1. The Labute approximate surface area is 127 Å². The monoisotopic (exact) mass is 331 g/mol. The van der Waals surface area contributed by atoms with E-state index >= 15 is 0 Å². The summed E-state index contributed by atoms with van der Waals surface area (Å²) < 4.78 is 66.7. The molecule has 0 aromatic heterocycles. The standard InChI is InChI=1S/C15H10F5NO2/c16-14(17)23-10-7-5-9(6-8-10)13(22)21-12-4-2-1-3-11(12)15(18,19)20/h1-8,14H,(H,21,22). The number of ether oxygens (including phenoxy) is 1. The molecule has 2 aromatic rings. The maximum atomic E-state index is 12.8. The van der Waals surface area contributed by atoms with Crippen molar-refractivity contribution in [2.45, 2.75) is 12.8 Å². The van der Waals surface area contributed by atoms with Crippen molar-refractivity contribution in [3.8, 4) is 5.75 Å². The van der Waals surface area contributed by atoms with E-state index in [1.165, 1.54) is 24.3 Å². The number of amides is 1. The number of anilines is 1. The number of hydrogen-bond donors (Lipinski definition) is 1. The lowest BCUT2D eigenvalue weighted by Crippen LogP contribution is -2.16. The van der Waals surface area contributed by atoms with Gasteiger partial charge in [-0.2, -0.15) is 22.0 Å². The maximum absolute atomic E-state index is 12.8. The van der Waals surface area contributed by atoms with E-state index in [0.717, 1.165) is 24.3 Å². The Morgan fingerprint density at radius 1 is 1.00 bits per heavy atom. The Bertz CT molecular complexity index is 683. The van der Waals surface area contributed by atoms with Crippen molar-refractivity contribution in [3.05, 3.63) is 59.7 Å². The Morgan fingerprint density at radius 3 is 2.17 bits per heavy atom. The summed E-state index contributed by atoms with van der Waals surface area (Å²) in [6, 6.07) is 9.10. The smallest absolute Gasteiger partial charge is 0.418 e. The third-order valence-corrected chi connectivity index (χ3v) is 2.82. The first-order chi connectivity index (χ1) is 10.8. The molecule has 0 aliphatic rings. The molecule has 0 spiro atoms. The van der Waals surface area contributed by atoms with E-state index in [1.54, 1.807) is 0 Å². The molecular weight excluding hydrogens is 321 g/mol. The van der Waals surface area contributed by atoms with Gasteiger partial charge >= 0.3 is 12.8 Å². The zero-order valence-corrected chi connectivity index (χ0v) is 11.4. The molecule has 0 saturated carbocycles. The molecule has 0 fully saturated rings. The molecule has 2 rings (SSSR count). The van der Waals surface area contributed by atoms with Crippen molar-refractivity contribution in [2.75, 3.05) is 5.32 Å². The van der Waals surface area contributed by atoms with Crippen LogP contribution in [0.5, 0.6) is 5.75 Å². The molecule has 0 bridgehead atoms. The molecule has 0 saturated heterocycles. The summed E-state index contributed by atoms with van der Waals surface area (Å²) in [5.41, 5.74) is -1.37. The van der Waals surface area contributed by atoms with Crippen LogP contribution < -0.4 is 10.1 Å². The third-order valence-electron chi connectivity index (χ3n) is 2.82. The molecule has 122 valence electrons. The Hall–Kier alpha value is -2.64. The summed E-state index contributed by atoms with van der Waals surface area (Å²) in [5, 5.41) is 2.15. The molecule has 0 unspecified atom stereocenters. The molecule has 0 aliphatic carbocycles. The van der Waals surface area contributed by atoms with Crippen LogP contribution in [0.3, 0.4) is 0 Å². The highest BCUT2D eigenvalue weighted by Crippen LogP contribution is 2.34. The van der Waals surface area contributed by atoms with Crippen molar-refractivity contribution >= 4 is 11.6 Å². The average molecular weight is 331 g/mol. The first-order valence-electron chi connectivity index (χ1n) is 6.30. The minimum absolute atomic E-state index is 0.00333. The average Bonchev–Trinajstić information content (AvgIpc) is 2.46. The number of alkyl halides is 5. The molecule has 1 N–H and O–H groups in total. The van der Waals surface area contributed by atoms with Crippen LogP contribution in [0.15, 0.2) is 48.5 Å². The van der Waals surface area contributed by atoms with E-state index < -0.39 is 29.9 Å². The summed E-state index contributed by atoms with van der Waals surface area (Å²) in [6.45, 7) is -3.01. The first kappa shape index (κ1) is 16.7. The molecule has 0 heterocycles. The predicted molar refractivity (Wildman–Crippen MR) is 72.5 cm³/mol. The van der Waals surface area contributed by atoms with Crippen molar-refractivity contribution in [3.63, 3.8) is 0 Å². The van der Waals surface area contributed by atoms with Crippen molar-refractivity contribution < 1.29 is 31.5 Å². The highest BCUT2D eigenvalue weighted by Gasteiger charge is 2.33. The highest BCUT2D eigenvalue weighted by molar-refractivity contribution is 6.04. The number of para-hydroxylation sites is 1. The lowest BCUT2D eigenvalue weighted by Gasteiger charge is -2.13. The number of nitrogens with one attached hydrogen (secondary N) is 1. The number of hydrogen-bond acceptors (Lipinski definition) is 2. The molecule has 0 aliphatic heterocycles. The second-order valence-corrected chi connectivity index (χ2v) is 4.40. The normalized spacial score (nSPS) is 11.4. The highest BCUT2D eigenvalue weighted by atomic mass is 19.4. The molecule has 23 heavy (non-hydrogen) atoms. The quantitative estimate of drug-likeness (QED) is 0.834. The van der Waals surface area contributed by atoms with Gasteiger partial charge in [0.25, 0.3) is 5.91 Å². The van der Waals surface area contributed by atoms with E-state index in [0.29, 0.717) is 0 Å². The lowest BCUT2D eigenvalue weighted by atomic mass is 10.1. The Balaban J connectivity index is 2.17.